The topological polar surface area (TPSA) is 87.6 Å². The first-order valence-electron chi connectivity index (χ1n) is 6.47. The fraction of sp³-hybridized carbons (Fsp3) is 0.667. The third-order valence-electron chi connectivity index (χ3n) is 4.09. The van der Waals surface area contributed by atoms with Gasteiger partial charge in [-0.25, -0.2) is 18.2 Å². The minimum absolute atomic E-state index is 0.162. The van der Waals surface area contributed by atoms with Gasteiger partial charge in [-0.2, -0.15) is 4.31 Å². The molecule has 0 aromatic carbocycles. The molecule has 1 fully saturated rings. The summed E-state index contributed by atoms with van der Waals surface area (Å²) in [5.74, 6) is -1.31. The molecule has 112 valence electrons. The van der Waals surface area contributed by atoms with Crippen molar-refractivity contribution in [2.75, 3.05) is 13.1 Å². The van der Waals surface area contributed by atoms with Gasteiger partial charge in [0.15, 0.2) is 9.90 Å². The predicted molar refractivity (Wildman–Crippen MR) is 75.5 cm³/mol. The Morgan fingerprint density at radius 1 is 1.50 bits per heavy atom. The molecule has 1 aromatic rings. The van der Waals surface area contributed by atoms with Crippen molar-refractivity contribution in [3.05, 3.63) is 11.2 Å². The number of nitrogens with zero attached hydrogens (tertiary/aromatic N) is 2. The molecule has 1 aliphatic heterocycles. The highest BCUT2D eigenvalue weighted by Gasteiger charge is 2.37. The maximum Gasteiger partial charge on any atom is 0.356 e. The summed E-state index contributed by atoms with van der Waals surface area (Å²) in [4.78, 5) is 14.7. The number of sulfonamides is 1. The second kappa shape index (κ2) is 5.42. The molecule has 0 spiro atoms. The van der Waals surface area contributed by atoms with Crippen LogP contribution in [0, 0.1) is 5.41 Å². The third-order valence-corrected chi connectivity index (χ3v) is 7.34. The summed E-state index contributed by atoms with van der Waals surface area (Å²) in [6.45, 7) is 5.13. The van der Waals surface area contributed by atoms with E-state index in [0.29, 0.717) is 13.1 Å². The summed E-state index contributed by atoms with van der Waals surface area (Å²) >= 11 is 0.863. The van der Waals surface area contributed by atoms with Crippen LogP contribution in [-0.4, -0.2) is 41.9 Å². The van der Waals surface area contributed by atoms with Crippen LogP contribution in [0.5, 0.6) is 0 Å². The molecular formula is C12H18N2O4S2. The SMILES string of the molecule is CCC1(C)CCN(S(=O)(=O)c2scnc2C(=O)O)CC1. The molecule has 1 saturated heterocycles. The lowest BCUT2D eigenvalue weighted by Gasteiger charge is -2.37. The zero-order valence-electron chi connectivity index (χ0n) is 11.5. The van der Waals surface area contributed by atoms with E-state index in [0.717, 1.165) is 30.6 Å². The second-order valence-electron chi connectivity index (χ2n) is 5.36. The van der Waals surface area contributed by atoms with Crippen molar-refractivity contribution in [2.24, 2.45) is 5.41 Å². The van der Waals surface area contributed by atoms with Crippen LogP contribution in [-0.2, 0) is 10.0 Å². The molecule has 0 unspecified atom stereocenters. The minimum Gasteiger partial charge on any atom is -0.476 e. The fourth-order valence-electron chi connectivity index (χ4n) is 2.30. The van der Waals surface area contributed by atoms with Crippen molar-refractivity contribution in [3.63, 3.8) is 0 Å². The monoisotopic (exact) mass is 318 g/mol. The summed E-state index contributed by atoms with van der Waals surface area (Å²) in [7, 11) is -3.74. The lowest BCUT2D eigenvalue weighted by Crippen LogP contribution is -2.42. The van der Waals surface area contributed by atoms with Crippen molar-refractivity contribution in [1.29, 1.82) is 0 Å². The zero-order chi connectivity index (χ0) is 15.0. The number of carbonyl (C=O) groups is 1. The van der Waals surface area contributed by atoms with Gasteiger partial charge in [-0.1, -0.05) is 20.3 Å². The molecule has 1 aromatic heterocycles. The van der Waals surface area contributed by atoms with Crippen LogP contribution in [0.25, 0.3) is 0 Å². The Kier molecular flexibility index (Phi) is 4.17. The minimum atomic E-state index is -3.74. The van der Waals surface area contributed by atoms with E-state index in [2.05, 4.69) is 18.8 Å². The Labute approximate surface area is 122 Å². The van der Waals surface area contributed by atoms with Gasteiger partial charge in [0.2, 0.25) is 0 Å². The quantitative estimate of drug-likeness (QED) is 0.918. The van der Waals surface area contributed by atoms with Crippen molar-refractivity contribution >= 4 is 27.3 Å². The number of carboxylic acid groups (broad SMARTS) is 1. The van der Waals surface area contributed by atoms with E-state index in [-0.39, 0.29) is 15.3 Å². The molecule has 0 atom stereocenters. The zero-order valence-corrected chi connectivity index (χ0v) is 13.1. The fourth-order valence-corrected chi connectivity index (χ4v) is 5.02. The molecular weight excluding hydrogens is 300 g/mol. The number of hydrogen-bond acceptors (Lipinski definition) is 5. The average Bonchev–Trinajstić information content (AvgIpc) is 2.89. The maximum absolute atomic E-state index is 12.5. The number of rotatable bonds is 4. The van der Waals surface area contributed by atoms with Gasteiger partial charge < -0.3 is 5.11 Å². The molecule has 0 radical (unpaired) electrons. The highest BCUT2D eigenvalue weighted by atomic mass is 32.2. The first-order chi connectivity index (χ1) is 9.30. The summed E-state index contributed by atoms with van der Waals surface area (Å²) in [6, 6.07) is 0. The molecule has 0 amide bonds. The van der Waals surface area contributed by atoms with Gasteiger partial charge in [-0.15, -0.1) is 11.3 Å². The van der Waals surface area contributed by atoms with Crippen molar-refractivity contribution < 1.29 is 18.3 Å². The van der Waals surface area contributed by atoms with Crippen molar-refractivity contribution in [3.8, 4) is 0 Å². The van der Waals surface area contributed by atoms with E-state index in [1.807, 2.05) is 0 Å². The van der Waals surface area contributed by atoms with Crippen LogP contribution in [0.15, 0.2) is 9.72 Å². The highest BCUT2D eigenvalue weighted by molar-refractivity contribution is 7.91. The number of aromatic carboxylic acids is 1. The standard InChI is InChI=1S/C12H18N2O4S2/c1-3-12(2)4-6-14(7-5-12)20(17,18)11-9(10(15)16)13-8-19-11/h8H,3-7H2,1-2H3,(H,15,16). The Morgan fingerprint density at radius 2 is 2.10 bits per heavy atom. The number of thiazole rings is 1. The second-order valence-corrected chi connectivity index (χ2v) is 8.35. The molecule has 1 aliphatic rings. The third kappa shape index (κ3) is 2.72. The molecule has 1 N–H and O–H groups in total. The van der Waals surface area contributed by atoms with Gasteiger partial charge in [0.1, 0.15) is 0 Å². The van der Waals surface area contributed by atoms with E-state index < -0.39 is 16.0 Å². The van der Waals surface area contributed by atoms with Crippen LogP contribution in [0.2, 0.25) is 0 Å². The van der Waals surface area contributed by atoms with Gasteiger partial charge in [0, 0.05) is 13.1 Å². The van der Waals surface area contributed by atoms with Crippen molar-refractivity contribution in [1.82, 2.24) is 9.29 Å². The Morgan fingerprint density at radius 3 is 2.60 bits per heavy atom. The summed E-state index contributed by atoms with van der Waals surface area (Å²) in [6.07, 6.45) is 2.61. The molecule has 2 rings (SSSR count). The maximum atomic E-state index is 12.5. The normalized spacial score (nSPS) is 19.9. The van der Waals surface area contributed by atoms with Crippen LogP contribution in [0.1, 0.15) is 43.6 Å². The molecule has 6 nitrogen and oxygen atoms in total. The highest BCUT2D eigenvalue weighted by Crippen LogP contribution is 2.36. The lowest BCUT2D eigenvalue weighted by molar-refractivity contribution is 0.0687. The van der Waals surface area contributed by atoms with Gasteiger partial charge in [-0.3, -0.25) is 0 Å². The van der Waals surface area contributed by atoms with Gasteiger partial charge in [-0.05, 0) is 18.3 Å². The largest absolute Gasteiger partial charge is 0.476 e. The molecule has 2 heterocycles. The van der Waals surface area contributed by atoms with Crippen LogP contribution < -0.4 is 0 Å². The lowest BCUT2D eigenvalue weighted by atomic mass is 9.79. The van der Waals surface area contributed by atoms with E-state index in [1.165, 1.54) is 9.82 Å². The summed E-state index contributed by atoms with van der Waals surface area (Å²) in [5.41, 5.74) is 1.06. The van der Waals surface area contributed by atoms with Gasteiger partial charge in [0.05, 0.1) is 5.51 Å². The average molecular weight is 318 g/mol. The Balaban J connectivity index is 2.24. The van der Waals surface area contributed by atoms with Crippen LogP contribution >= 0.6 is 11.3 Å². The molecule has 20 heavy (non-hydrogen) atoms. The molecule has 8 heteroatoms. The van der Waals surface area contributed by atoms with E-state index >= 15 is 0 Å². The number of hydrogen-bond donors (Lipinski definition) is 1. The predicted octanol–water partition coefficient (Wildman–Crippen LogP) is 2.04. The smallest absolute Gasteiger partial charge is 0.356 e. The van der Waals surface area contributed by atoms with Crippen LogP contribution in [0.3, 0.4) is 0 Å². The Hall–Kier alpha value is -0.990. The van der Waals surface area contributed by atoms with E-state index in [9.17, 15) is 13.2 Å². The number of piperidine rings is 1. The first kappa shape index (κ1) is 15.4. The van der Waals surface area contributed by atoms with Gasteiger partial charge in [0.25, 0.3) is 10.0 Å². The van der Waals surface area contributed by atoms with Crippen molar-refractivity contribution in [2.45, 2.75) is 37.3 Å². The summed E-state index contributed by atoms with van der Waals surface area (Å²) in [5, 5.41) is 9.00. The number of aromatic nitrogens is 1. The van der Waals surface area contributed by atoms with Gasteiger partial charge >= 0.3 is 5.97 Å². The Bertz CT molecular complexity index is 601. The first-order valence-corrected chi connectivity index (χ1v) is 8.79. The van der Waals surface area contributed by atoms with E-state index in [1.54, 1.807) is 0 Å². The molecule has 0 saturated carbocycles. The molecule has 0 aliphatic carbocycles. The number of carboxylic acids is 1. The van der Waals surface area contributed by atoms with E-state index in [4.69, 9.17) is 5.11 Å². The molecule has 0 bridgehead atoms. The van der Waals surface area contributed by atoms with Crippen LogP contribution in [0.4, 0.5) is 0 Å². The summed E-state index contributed by atoms with van der Waals surface area (Å²) < 4.78 is 26.2.